The van der Waals surface area contributed by atoms with Gasteiger partial charge < -0.3 is 10.2 Å². The fraction of sp³-hybridized carbons (Fsp3) is 0.583. The number of aromatic nitrogens is 1. The first-order valence-corrected chi connectivity index (χ1v) is 5.55. The second-order valence-corrected chi connectivity index (χ2v) is 3.93. The lowest BCUT2D eigenvalue weighted by molar-refractivity contribution is 0.691. The van der Waals surface area contributed by atoms with Gasteiger partial charge in [-0.05, 0) is 45.5 Å². The molecule has 0 spiro atoms. The van der Waals surface area contributed by atoms with E-state index in [1.807, 2.05) is 19.3 Å². The van der Waals surface area contributed by atoms with Crippen LogP contribution in [0.5, 0.6) is 0 Å². The topological polar surface area (TPSA) is 28.2 Å². The molecular formula is C12H21N3. The lowest BCUT2D eigenvalue weighted by atomic mass is 10.2. The SMILES string of the molecule is CCN(c1cc(CNC)ccn1)C(C)C. The molecule has 15 heavy (non-hydrogen) atoms. The second-order valence-electron chi connectivity index (χ2n) is 3.93. The van der Waals surface area contributed by atoms with E-state index in [4.69, 9.17) is 0 Å². The van der Waals surface area contributed by atoms with Crippen LogP contribution in [-0.4, -0.2) is 24.6 Å². The molecule has 0 aliphatic heterocycles. The zero-order valence-corrected chi connectivity index (χ0v) is 10.1. The molecule has 1 aromatic rings. The van der Waals surface area contributed by atoms with Crippen molar-refractivity contribution in [2.75, 3.05) is 18.5 Å². The van der Waals surface area contributed by atoms with Gasteiger partial charge in [-0.15, -0.1) is 0 Å². The molecule has 1 rings (SSSR count). The third-order valence-corrected chi connectivity index (χ3v) is 2.45. The molecule has 0 bridgehead atoms. The highest BCUT2D eigenvalue weighted by Gasteiger charge is 2.09. The number of hydrogen-bond acceptors (Lipinski definition) is 3. The number of hydrogen-bond donors (Lipinski definition) is 1. The minimum atomic E-state index is 0.493. The van der Waals surface area contributed by atoms with Crippen LogP contribution >= 0.6 is 0 Å². The van der Waals surface area contributed by atoms with Crippen LogP contribution in [-0.2, 0) is 6.54 Å². The lowest BCUT2D eigenvalue weighted by Gasteiger charge is -2.26. The minimum Gasteiger partial charge on any atom is -0.354 e. The van der Waals surface area contributed by atoms with Gasteiger partial charge in [0.25, 0.3) is 0 Å². The van der Waals surface area contributed by atoms with E-state index in [-0.39, 0.29) is 0 Å². The zero-order chi connectivity index (χ0) is 11.3. The fourth-order valence-electron chi connectivity index (χ4n) is 1.72. The van der Waals surface area contributed by atoms with Crippen LogP contribution in [0, 0.1) is 0 Å². The van der Waals surface area contributed by atoms with Gasteiger partial charge in [-0.2, -0.15) is 0 Å². The summed E-state index contributed by atoms with van der Waals surface area (Å²) in [7, 11) is 1.96. The Kier molecular flexibility index (Phi) is 4.56. The largest absolute Gasteiger partial charge is 0.354 e. The Morgan fingerprint density at radius 2 is 2.20 bits per heavy atom. The number of anilines is 1. The summed E-state index contributed by atoms with van der Waals surface area (Å²) in [5, 5.41) is 3.15. The maximum atomic E-state index is 4.41. The van der Waals surface area contributed by atoms with Crippen molar-refractivity contribution in [3.05, 3.63) is 23.9 Å². The molecular weight excluding hydrogens is 186 g/mol. The molecule has 0 atom stereocenters. The number of nitrogens with zero attached hydrogens (tertiary/aromatic N) is 2. The van der Waals surface area contributed by atoms with E-state index >= 15 is 0 Å². The Morgan fingerprint density at radius 1 is 1.47 bits per heavy atom. The van der Waals surface area contributed by atoms with Gasteiger partial charge in [0.05, 0.1) is 0 Å². The summed E-state index contributed by atoms with van der Waals surface area (Å²) in [6.07, 6.45) is 1.88. The van der Waals surface area contributed by atoms with E-state index in [0.29, 0.717) is 6.04 Å². The van der Waals surface area contributed by atoms with Crippen LogP contribution in [0.3, 0.4) is 0 Å². The quantitative estimate of drug-likeness (QED) is 0.801. The molecule has 0 saturated carbocycles. The average Bonchev–Trinajstić information content (AvgIpc) is 2.19. The van der Waals surface area contributed by atoms with Crippen molar-refractivity contribution in [2.45, 2.75) is 33.4 Å². The summed E-state index contributed by atoms with van der Waals surface area (Å²) in [4.78, 5) is 6.70. The number of nitrogens with one attached hydrogen (secondary N) is 1. The Bertz CT molecular complexity index is 297. The molecule has 0 radical (unpaired) electrons. The van der Waals surface area contributed by atoms with Crippen LogP contribution in [0.15, 0.2) is 18.3 Å². The van der Waals surface area contributed by atoms with E-state index < -0.39 is 0 Å². The normalized spacial score (nSPS) is 10.7. The molecule has 1 aromatic heterocycles. The van der Waals surface area contributed by atoms with Crippen molar-refractivity contribution in [3.8, 4) is 0 Å². The summed E-state index contributed by atoms with van der Waals surface area (Å²) in [5.74, 6) is 1.07. The van der Waals surface area contributed by atoms with E-state index in [1.54, 1.807) is 0 Å². The predicted octanol–water partition coefficient (Wildman–Crippen LogP) is 2.04. The van der Waals surface area contributed by atoms with Gasteiger partial charge >= 0.3 is 0 Å². The van der Waals surface area contributed by atoms with Gasteiger partial charge in [0, 0.05) is 25.3 Å². The molecule has 3 heteroatoms. The van der Waals surface area contributed by atoms with Gasteiger partial charge in [-0.1, -0.05) is 0 Å². The average molecular weight is 207 g/mol. The highest BCUT2D eigenvalue weighted by molar-refractivity contribution is 5.41. The van der Waals surface area contributed by atoms with Gasteiger partial charge in [-0.3, -0.25) is 0 Å². The first kappa shape index (κ1) is 12.0. The van der Waals surface area contributed by atoms with Gasteiger partial charge in [-0.25, -0.2) is 4.98 Å². The van der Waals surface area contributed by atoms with Crippen molar-refractivity contribution in [3.63, 3.8) is 0 Å². The summed E-state index contributed by atoms with van der Waals surface area (Å²) in [6, 6.07) is 4.70. The first-order chi connectivity index (χ1) is 7.19. The maximum absolute atomic E-state index is 4.41. The lowest BCUT2D eigenvalue weighted by Crippen LogP contribution is -2.31. The van der Waals surface area contributed by atoms with Crippen molar-refractivity contribution < 1.29 is 0 Å². The third-order valence-electron chi connectivity index (χ3n) is 2.45. The van der Waals surface area contributed by atoms with Crippen LogP contribution in [0.1, 0.15) is 26.3 Å². The monoisotopic (exact) mass is 207 g/mol. The Hall–Kier alpha value is -1.09. The Labute approximate surface area is 92.5 Å². The van der Waals surface area contributed by atoms with Crippen molar-refractivity contribution in [1.82, 2.24) is 10.3 Å². The van der Waals surface area contributed by atoms with Gasteiger partial charge in [0.15, 0.2) is 0 Å². The Morgan fingerprint density at radius 3 is 2.73 bits per heavy atom. The molecule has 0 aromatic carbocycles. The molecule has 0 aliphatic carbocycles. The number of pyridine rings is 1. The molecule has 1 N–H and O–H groups in total. The molecule has 1 heterocycles. The zero-order valence-electron chi connectivity index (χ0n) is 10.1. The molecule has 0 aliphatic rings. The summed E-state index contributed by atoms with van der Waals surface area (Å²) < 4.78 is 0. The van der Waals surface area contributed by atoms with Crippen LogP contribution < -0.4 is 10.2 Å². The Balaban J connectivity index is 2.87. The second kappa shape index (κ2) is 5.71. The maximum Gasteiger partial charge on any atom is 0.129 e. The predicted molar refractivity (Wildman–Crippen MR) is 65.2 cm³/mol. The van der Waals surface area contributed by atoms with Gasteiger partial charge in [0.2, 0.25) is 0 Å². The molecule has 0 fully saturated rings. The summed E-state index contributed by atoms with van der Waals surface area (Å²) in [5.41, 5.74) is 1.28. The van der Waals surface area contributed by atoms with Crippen LogP contribution in [0.2, 0.25) is 0 Å². The van der Waals surface area contributed by atoms with Crippen molar-refractivity contribution in [1.29, 1.82) is 0 Å². The standard InChI is InChI=1S/C12H21N3/c1-5-15(10(2)3)12-8-11(9-13-4)6-7-14-12/h6-8,10,13H,5,9H2,1-4H3. The molecule has 3 nitrogen and oxygen atoms in total. The highest BCUT2D eigenvalue weighted by Crippen LogP contribution is 2.15. The van der Waals surface area contributed by atoms with E-state index in [2.05, 4.69) is 42.0 Å². The first-order valence-electron chi connectivity index (χ1n) is 5.55. The van der Waals surface area contributed by atoms with Crippen LogP contribution in [0.4, 0.5) is 5.82 Å². The van der Waals surface area contributed by atoms with E-state index in [0.717, 1.165) is 18.9 Å². The van der Waals surface area contributed by atoms with E-state index in [1.165, 1.54) is 5.56 Å². The van der Waals surface area contributed by atoms with Crippen molar-refractivity contribution in [2.24, 2.45) is 0 Å². The highest BCUT2D eigenvalue weighted by atomic mass is 15.2. The summed E-state index contributed by atoms with van der Waals surface area (Å²) in [6.45, 7) is 8.43. The molecule has 84 valence electrons. The minimum absolute atomic E-state index is 0.493. The summed E-state index contributed by atoms with van der Waals surface area (Å²) >= 11 is 0. The number of rotatable bonds is 5. The fourth-order valence-corrected chi connectivity index (χ4v) is 1.72. The molecule has 0 saturated heterocycles. The van der Waals surface area contributed by atoms with Crippen LogP contribution in [0.25, 0.3) is 0 Å². The van der Waals surface area contributed by atoms with Gasteiger partial charge in [0.1, 0.15) is 5.82 Å². The van der Waals surface area contributed by atoms with E-state index in [9.17, 15) is 0 Å². The smallest absolute Gasteiger partial charge is 0.129 e. The van der Waals surface area contributed by atoms with Crippen molar-refractivity contribution >= 4 is 5.82 Å². The third kappa shape index (κ3) is 3.20. The molecule has 0 amide bonds. The molecule has 0 unspecified atom stereocenters.